The number of fused-ring (bicyclic) bond motifs is 1. The Labute approximate surface area is 123 Å². The van der Waals surface area contributed by atoms with Crippen LogP contribution in [0.2, 0.25) is 0 Å². The predicted molar refractivity (Wildman–Crippen MR) is 72.3 cm³/mol. The fourth-order valence-electron chi connectivity index (χ4n) is 1.67. The summed E-state index contributed by atoms with van der Waals surface area (Å²) in [6.45, 7) is 6.85. The molecular formula is C12H15F3N4OS. The number of hydrogen-bond donors (Lipinski definition) is 1. The lowest BCUT2D eigenvalue weighted by Crippen LogP contribution is -2.17. The molecule has 2 atom stereocenters. The lowest BCUT2D eigenvalue weighted by molar-refractivity contribution is -0.146. The number of halogens is 3. The number of hydrogen-bond acceptors (Lipinski definition) is 5. The Kier molecular flexibility index (Phi) is 4.16. The van der Waals surface area contributed by atoms with Crippen LogP contribution >= 0.6 is 11.8 Å². The zero-order valence-electron chi connectivity index (χ0n) is 11.9. The Balaban J connectivity index is 2.60. The molecule has 0 saturated heterocycles. The summed E-state index contributed by atoms with van der Waals surface area (Å²) >= 11 is 1.23. The smallest absolute Gasteiger partial charge is 0.392 e. The molecule has 2 heterocycles. The monoisotopic (exact) mass is 320 g/mol. The molecule has 1 N–H and O–H groups in total. The highest BCUT2D eigenvalue weighted by Gasteiger charge is 2.38. The Morgan fingerprint density at radius 3 is 2.29 bits per heavy atom. The average molecular weight is 320 g/mol. The van der Waals surface area contributed by atoms with Gasteiger partial charge in [-0.1, -0.05) is 18.7 Å². The van der Waals surface area contributed by atoms with Gasteiger partial charge < -0.3 is 5.11 Å². The second-order valence-corrected chi connectivity index (χ2v) is 6.24. The molecule has 0 saturated carbocycles. The SMILES string of the molecule is Cc1c(SC(C)C(C)O)nn2c(C(F)(F)F)nnc2c1C. The molecule has 0 aromatic carbocycles. The van der Waals surface area contributed by atoms with E-state index < -0.39 is 18.1 Å². The number of aryl methyl sites for hydroxylation is 1. The van der Waals surface area contributed by atoms with E-state index in [-0.39, 0.29) is 10.9 Å². The second kappa shape index (κ2) is 5.45. The molecule has 5 nitrogen and oxygen atoms in total. The van der Waals surface area contributed by atoms with Crippen LogP contribution in [-0.4, -0.2) is 36.3 Å². The maximum atomic E-state index is 12.9. The molecule has 2 aromatic rings. The van der Waals surface area contributed by atoms with Crippen LogP contribution in [0.3, 0.4) is 0 Å². The van der Waals surface area contributed by atoms with Crippen molar-refractivity contribution in [1.29, 1.82) is 0 Å². The Morgan fingerprint density at radius 1 is 1.14 bits per heavy atom. The van der Waals surface area contributed by atoms with Crippen LogP contribution in [0.1, 0.15) is 30.8 Å². The first-order valence-corrected chi connectivity index (χ1v) is 7.15. The lowest BCUT2D eigenvalue weighted by atomic mass is 10.2. The average Bonchev–Trinajstić information content (AvgIpc) is 2.78. The van der Waals surface area contributed by atoms with Crippen molar-refractivity contribution < 1.29 is 18.3 Å². The summed E-state index contributed by atoms with van der Waals surface area (Å²) < 4.78 is 39.4. The highest BCUT2D eigenvalue weighted by Crippen LogP contribution is 2.32. The number of alkyl halides is 3. The minimum Gasteiger partial charge on any atom is -0.392 e. The Morgan fingerprint density at radius 2 is 1.76 bits per heavy atom. The number of rotatable bonds is 3. The molecule has 0 fully saturated rings. The molecule has 0 aliphatic rings. The molecule has 21 heavy (non-hydrogen) atoms. The van der Waals surface area contributed by atoms with Gasteiger partial charge in [-0.25, -0.2) is 0 Å². The van der Waals surface area contributed by atoms with Gasteiger partial charge in [0.1, 0.15) is 5.03 Å². The van der Waals surface area contributed by atoms with E-state index in [0.717, 1.165) is 10.1 Å². The molecule has 0 spiro atoms. The molecule has 116 valence electrons. The van der Waals surface area contributed by atoms with Gasteiger partial charge in [0.15, 0.2) is 5.65 Å². The van der Waals surface area contributed by atoms with Crippen LogP contribution < -0.4 is 0 Å². The minimum atomic E-state index is -4.62. The van der Waals surface area contributed by atoms with Crippen LogP contribution in [0.25, 0.3) is 5.65 Å². The van der Waals surface area contributed by atoms with E-state index in [1.54, 1.807) is 27.7 Å². The van der Waals surface area contributed by atoms with E-state index in [1.807, 2.05) is 0 Å². The van der Waals surface area contributed by atoms with Gasteiger partial charge >= 0.3 is 6.18 Å². The summed E-state index contributed by atoms with van der Waals surface area (Å²) in [6.07, 6.45) is -5.22. The van der Waals surface area contributed by atoms with Crippen LogP contribution in [0, 0.1) is 13.8 Å². The maximum absolute atomic E-state index is 12.9. The summed E-state index contributed by atoms with van der Waals surface area (Å²) in [5, 5.41) is 20.5. The summed E-state index contributed by atoms with van der Waals surface area (Å²) in [4.78, 5) is 0. The third kappa shape index (κ3) is 2.98. The topological polar surface area (TPSA) is 63.3 Å². The standard InChI is InChI=1S/C12H15F3N4OS/c1-5-6(2)10(21-8(4)7(3)20)18-19-9(5)16-17-11(19)12(13,14)15/h7-8,20H,1-4H3. The highest BCUT2D eigenvalue weighted by atomic mass is 32.2. The molecule has 0 aliphatic carbocycles. The Bertz CT molecular complexity index is 669. The molecule has 0 amide bonds. The van der Waals surface area contributed by atoms with Crippen LogP contribution in [-0.2, 0) is 6.18 Å². The summed E-state index contributed by atoms with van der Waals surface area (Å²) in [7, 11) is 0. The number of thioether (sulfide) groups is 1. The number of aliphatic hydroxyl groups excluding tert-OH is 1. The minimum absolute atomic E-state index is 0.0916. The van der Waals surface area contributed by atoms with E-state index in [9.17, 15) is 18.3 Å². The summed E-state index contributed by atoms with van der Waals surface area (Å²) in [5.41, 5.74) is 1.42. The molecule has 0 aliphatic heterocycles. The fourth-order valence-corrected chi connectivity index (χ4v) is 2.67. The van der Waals surface area contributed by atoms with Crippen molar-refractivity contribution in [3.63, 3.8) is 0 Å². The number of aliphatic hydroxyl groups is 1. The van der Waals surface area contributed by atoms with Crippen molar-refractivity contribution in [2.24, 2.45) is 0 Å². The van der Waals surface area contributed by atoms with Crippen molar-refractivity contribution in [1.82, 2.24) is 19.8 Å². The largest absolute Gasteiger partial charge is 0.453 e. The lowest BCUT2D eigenvalue weighted by Gasteiger charge is -2.16. The van der Waals surface area contributed by atoms with E-state index >= 15 is 0 Å². The molecular weight excluding hydrogens is 305 g/mol. The van der Waals surface area contributed by atoms with Gasteiger partial charge in [0.2, 0.25) is 0 Å². The molecule has 2 aromatic heterocycles. The third-order valence-electron chi connectivity index (χ3n) is 3.28. The molecule has 0 bridgehead atoms. The summed E-state index contributed by atoms with van der Waals surface area (Å²) in [5.74, 6) is -1.15. The third-order valence-corrected chi connectivity index (χ3v) is 4.66. The van der Waals surface area contributed by atoms with Crippen LogP contribution in [0.4, 0.5) is 13.2 Å². The summed E-state index contributed by atoms with van der Waals surface area (Å²) in [6, 6.07) is 0. The van der Waals surface area contributed by atoms with Crippen LogP contribution in [0.15, 0.2) is 5.03 Å². The second-order valence-electron chi connectivity index (χ2n) is 4.88. The van der Waals surface area contributed by atoms with E-state index in [2.05, 4.69) is 15.3 Å². The van der Waals surface area contributed by atoms with Gasteiger partial charge in [-0.15, -0.1) is 10.2 Å². The van der Waals surface area contributed by atoms with Gasteiger partial charge in [0.05, 0.1) is 6.10 Å². The highest BCUT2D eigenvalue weighted by molar-refractivity contribution is 7.99. The number of aromatic nitrogens is 4. The van der Waals surface area contributed by atoms with Gasteiger partial charge in [-0.2, -0.15) is 22.8 Å². The fraction of sp³-hybridized carbons (Fsp3) is 0.583. The van der Waals surface area contributed by atoms with Gasteiger partial charge in [-0.3, -0.25) is 0 Å². The molecule has 9 heteroatoms. The van der Waals surface area contributed by atoms with Gasteiger partial charge in [0.25, 0.3) is 5.82 Å². The van der Waals surface area contributed by atoms with E-state index in [1.165, 1.54) is 11.8 Å². The predicted octanol–water partition coefficient (Wildman–Crippen LogP) is 2.62. The van der Waals surface area contributed by atoms with Crippen molar-refractivity contribution in [3.05, 3.63) is 17.0 Å². The van der Waals surface area contributed by atoms with Crippen molar-refractivity contribution in [3.8, 4) is 0 Å². The van der Waals surface area contributed by atoms with Gasteiger partial charge in [0, 0.05) is 10.8 Å². The normalized spacial score (nSPS) is 15.4. The van der Waals surface area contributed by atoms with Gasteiger partial charge in [-0.05, 0) is 26.3 Å². The zero-order chi connectivity index (χ0) is 15.9. The maximum Gasteiger partial charge on any atom is 0.453 e. The zero-order valence-corrected chi connectivity index (χ0v) is 12.7. The van der Waals surface area contributed by atoms with Crippen molar-refractivity contribution in [2.45, 2.75) is 50.3 Å². The van der Waals surface area contributed by atoms with Crippen LogP contribution in [0.5, 0.6) is 0 Å². The number of nitrogens with zero attached hydrogens (tertiary/aromatic N) is 4. The molecule has 0 radical (unpaired) electrons. The van der Waals surface area contributed by atoms with E-state index in [4.69, 9.17) is 0 Å². The molecule has 2 rings (SSSR count). The van der Waals surface area contributed by atoms with E-state index in [0.29, 0.717) is 10.6 Å². The van der Waals surface area contributed by atoms with Crippen molar-refractivity contribution in [2.75, 3.05) is 0 Å². The van der Waals surface area contributed by atoms with Crippen molar-refractivity contribution >= 4 is 17.4 Å². The first-order chi connectivity index (χ1) is 9.62. The quantitative estimate of drug-likeness (QED) is 0.881. The molecule has 2 unspecified atom stereocenters. The Hall–Kier alpha value is -1.35. The first-order valence-electron chi connectivity index (χ1n) is 6.27. The first kappa shape index (κ1) is 16.0.